The Hall–Kier alpha value is -2.76. The number of benzene rings is 3. The van der Waals surface area contributed by atoms with Crippen LogP contribution < -0.4 is 4.90 Å². The monoisotopic (exact) mass is 462 g/mol. The van der Waals surface area contributed by atoms with Gasteiger partial charge in [-0.2, -0.15) is 0 Å². The van der Waals surface area contributed by atoms with Crippen LogP contribution in [0.2, 0.25) is 5.02 Å². The molecule has 162 valence electrons. The second-order valence-electron chi connectivity index (χ2n) is 8.27. The summed E-state index contributed by atoms with van der Waals surface area (Å²) in [6.45, 7) is 4.84. The van der Waals surface area contributed by atoms with E-state index in [0.717, 1.165) is 27.9 Å². The second kappa shape index (κ2) is 7.98. The molecular weight excluding hydrogens is 440 g/mol. The highest BCUT2D eigenvalue weighted by Gasteiger charge is 2.59. The third-order valence-electron chi connectivity index (χ3n) is 6.26. The lowest BCUT2D eigenvalue weighted by Crippen LogP contribution is -2.50. The van der Waals surface area contributed by atoms with Gasteiger partial charge in [-0.15, -0.1) is 11.8 Å². The zero-order chi connectivity index (χ0) is 22.5. The molecule has 1 fully saturated rings. The first-order valence-electron chi connectivity index (χ1n) is 10.6. The van der Waals surface area contributed by atoms with Crippen LogP contribution >= 0.6 is 23.4 Å². The van der Waals surface area contributed by atoms with E-state index in [1.54, 1.807) is 21.6 Å². The van der Waals surface area contributed by atoms with Gasteiger partial charge in [0.2, 0.25) is 0 Å². The van der Waals surface area contributed by atoms with Gasteiger partial charge < -0.3 is 9.80 Å². The van der Waals surface area contributed by atoms with Crippen molar-refractivity contribution in [2.75, 3.05) is 17.2 Å². The van der Waals surface area contributed by atoms with Gasteiger partial charge in [-0.25, -0.2) is 0 Å². The first kappa shape index (κ1) is 21.1. The molecule has 1 spiro atoms. The third-order valence-corrected chi connectivity index (χ3v) is 8.04. The number of amides is 2. The molecule has 6 heteroatoms. The molecule has 0 unspecified atom stereocenters. The van der Waals surface area contributed by atoms with E-state index in [1.165, 1.54) is 0 Å². The molecule has 0 bridgehead atoms. The molecule has 1 saturated heterocycles. The van der Waals surface area contributed by atoms with E-state index in [1.807, 2.05) is 74.5 Å². The van der Waals surface area contributed by atoms with E-state index in [2.05, 4.69) is 6.07 Å². The number of thioether (sulfide) groups is 1. The molecule has 5 rings (SSSR count). The Morgan fingerprint density at radius 3 is 2.59 bits per heavy atom. The third kappa shape index (κ3) is 3.14. The van der Waals surface area contributed by atoms with E-state index in [0.29, 0.717) is 29.4 Å². The predicted octanol–water partition coefficient (Wildman–Crippen LogP) is 5.55. The van der Waals surface area contributed by atoms with Crippen LogP contribution in [0.5, 0.6) is 0 Å². The van der Waals surface area contributed by atoms with Gasteiger partial charge >= 0.3 is 0 Å². The SMILES string of the molecule is Cc1ccc2c(c1)[C@]1(SCCN1C(=O)c1ccccc1C)C(=O)N2Cc1ccccc1Cl. The van der Waals surface area contributed by atoms with Crippen LogP contribution in [0, 0.1) is 13.8 Å². The van der Waals surface area contributed by atoms with Gasteiger partial charge in [-0.1, -0.05) is 65.7 Å². The highest BCUT2D eigenvalue weighted by atomic mass is 35.5. The van der Waals surface area contributed by atoms with Gasteiger partial charge in [-0.05, 0) is 43.2 Å². The van der Waals surface area contributed by atoms with Gasteiger partial charge in [-0.3, -0.25) is 9.59 Å². The molecule has 0 N–H and O–H groups in total. The summed E-state index contributed by atoms with van der Waals surface area (Å²) in [6.07, 6.45) is 0. The summed E-state index contributed by atoms with van der Waals surface area (Å²) >= 11 is 7.97. The number of carbonyl (C=O) groups excluding carboxylic acids is 2. The number of hydrogen-bond acceptors (Lipinski definition) is 3. The number of rotatable bonds is 3. The van der Waals surface area contributed by atoms with Gasteiger partial charge in [0.15, 0.2) is 4.87 Å². The molecule has 0 aromatic heterocycles. The Kier molecular flexibility index (Phi) is 5.26. The summed E-state index contributed by atoms with van der Waals surface area (Å²) in [5.74, 6) is 0.521. The molecule has 2 aliphatic rings. The van der Waals surface area contributed by atoms with Crippen LogP contribution in [-0.2, 0) is 16.2 Å². The fourth-order valence-electron chi connectivity index (χ4n) is 4.64. The molecule has 1 atom stereocenters. The van der Waals surface area contributed by atoms with Crippen LogP contribution in [0.3, 0.4) is 0 Å². The van der Waals surface area contributed by atoms with E-state index in [9.17, 15) is 9.59 Å². The van der Waals surface area contributed by atoms with Crippen molar-refractivity contribution in [2.24, 2.45) is 0 Å². The van der Waals surface area contributed by atoms with E-state index < -0.39 is 4.87 Å². The van der Waals surface area contributed by atoms with Gasteiger partial charge in [0.05, 0.1) is 12.2 Å². The summed E-state index contributed by atoms with van der Waals surface area (Å²) in [5.41, 5.74) is 5.22. The number of aryl methyl sites for hydroxylation is 2. The predicted molar refractivity (Wildman–Crippen MR) is 130 cm³/mol. The van der Waals surface area contributed by atoms with E-state index >= 15 is 0 Å². The maximum absolute atomic E-state index is 14.1. The molecule has 3 aromatic rings. The van der Waals surface area contributed by atoms with Crippen molar-refractivity contribution in [3.05, 3.63) is 99.6 Å². The number of carbonyl (C=O) groups is 2. The standard InChI is InChI=1S/C26H23ClN2O2S/c1-17-11-12-23-21(15-17)26(25(31)28(23)16-19-8-4-6-10-22(19)27)29(13-14-32-26)24(30)20-9-5-3-7-18(20)2/h3-12,15H,13-14,16H2,1-2H3/t26-/m0/s1. The molecule has 0 aliphatic carbocycles. The molecule has 32 heavy (non-hydrogen) atoms. The van der Waals surface area contributed by atoms with E-state index in [4.69, 9.17) is 11.6 Å². The van der Waals surface area contributed by atoms with Crippen molar-refractivity contribution in [1.29, 1.82) is 0 Å². The fraction of sp³-hybridized carbons (Fsp3) is 0.231. The van der Waals surface area contributed by atoms with Crippen LogP contribution in [0.15, 0.2) is 66.7 Å². The first-order chi connectivity index (χ1) is 15.4. The largest absolute Gasteiger partial charge is 0.311 e. The summed E-state index contributed by atoms with van der Waals surface area (Å²) in [7, 11) is 0. The highest BCUT2D eigenvalue weighted by Crippen LogP contribution is 2.55. The first-order valence-corrected chi connectivity index (χ1v) is 12.0. The smallest absolute Gasteiger partial charge is 0.268 e. The number of halogens is 1. The topological polar surface area (TPSA) is 40.6 Å². The number of nitrogens with zero attached hydrogens (tertiary/aromatic N) is 2. The average Bonchev–Trinajstić information content (AvgIpc) is 3.32. The summed E-state index contributed by atoms with van der Waals surface area (Å²) in [4.78, 5) is 30.3. The Morgan fingerprint density at radius 1 is 1.06 bits per heavy atom. The number of hydrogen-bond donors (Lipinski definition) is 0. The Bertz CT molecular complexity index is 1240. The Labute approximate surface area is 197 Å². The quantitative estimate of drug-likeness (QED) is 0.512. The molecule has 2 amide bonds. The minimum absolute atomic E-state index is 0.0811. The van der Waals surface area contributed by atoms with Gasteiger partial charge in [0, 0.05) is 28.4 Å². The minimum atomic E-state index is -1.05. The van der Waals surface area contributed by atoms with Crippen molar-refractivity contribution in [3.8, 4) is 0 Å². The minimum Gasteiger partial charge on any atom is -0.311 e. The molecule has 2 aliphatic heterocycles. The van der Waals surface area contributed by atoms with Crippen LogP contribution in [-0.4, -0.2) is 29.0 Å². The van der Waals surface area contributed by atoms with Crippen molar-refractivity contribution in [3.63, 3.8) is 0 Å². The second-order valence-corrected chi connectivity index (χ2v) is 9.96. The maximum Gasteiger partial charge on any atom is 0.268 e. The highest BCUT2D eigenvalue weighted by molar-refractivity contribution is 8.01. The molecule has 0 radical (unpaired) electrons. The normalized spacial score (nSPS) is 19.7. The van der Waals surface area contributed by atoms with Crippen molar-refractivity contribution >= 4 is 40.9 Å². The lowest BCUT2D eigenvalue weighted by atomic mass is 10.0. The summed E-state index contributed by atoms with van der Waals surface area (Å²) in [5, 5.41) is 0.627. The summed E-state index contributed by atoms with van der Waals surface area (Å²) in [6, 6.07) is 21.2. The van der Waals surface area contributed by atoms with E-state index in [-0.39, 0.29) is 11.8 Å². The van der Waals surface area contributed by atoms with Crippen molar-refractivity contribution < 1.29 is 9.59 Å². The fourth-order valence-corrected chi connectivity index (χ4v) is 6.29. The van der Waals surface area contributed by atoms with Crippen LogP contribution in [0.25, 0.3) is 0 Å². The van der Waals surface area contributed by atoms with Crippen LogP contribution in [0.4, 0.5) is 5.69 Å². The number of anilines is 1. The lowest BCUT2D eigenvalue weighted by molar-refractivity contribution is -0.123. The molecule has 2 heterocycles. The van der Waals surface area contributed by atoms with Crippen molar-refractivity contribution in [2.45, 2.75) is 25.3 Å². The van der Waals surface area contributed by atoms with Crippen LogP contribution in [0.1, 0.15) is 32.6 Å². The Balaban J connectivity index is 1.63. The summed E-state index contributed by atoms with van der Waals surface area (Å²) < 4.78 is 0. The Morgan fingerprint density at radius 2 is 1.81 bits per heavy atom. The van der Waals surface area contributed by atoms with Gasteiger partial charge in [0.25, 0.3) is 11.8 Å². The molecule has 4 nitrogen and oxygen atoms in total. The van der Waals surface area contributed by atoms with Crippen molar-refractivity contribution in [1.82, 2.24) is 4.90 Å². The molecule has 0 saturated carbocycles. The maximum atomic E-state index is 14.1. The zero-order valence-corrected chi connectivity index (χ0v) is 19.5. The average molecular weight is 463 g/mol. The van der Waals surface area contributed by atoms with Gasteiger partial charge in [0.1, 0.15) is 0 Å². The molecular formula is C26H23ClN2O2S. The lowest BCUT2D eigenvalue weighted by Gasteiger charge is -2.33. The number of fused-ring (bicyclic) bond motifs is 2. The zero-order valence-electron chi connectivity index (χ0n) is 18.0. The molecule has 3 aromatic carbocycles.